The summed E-state index contributed by atoms with van der Waals surface area (Å²) in [4.78, 5) is 4.31. The molecular formula is C2H8N4O. The molecule has 0 aliphatic carbocycles. The first-order valence-electron chi connectivity index (χ1n) is 1.63. The van der Waals surface area contributed by atoms with E-state index >= 15 is 0 Å². The minimum atomic E-state index is 0.0579. The maximum Gasteiger partial charge on any atom is 0.234 e. The molecule has 0 saturated carbocycles. The lowest BCUT2D eigenvalue weighted by atomic mass is 11.1. The van der Waals surface area contributed by atoms with E-state index in [-0.39, 0.29) is 5.96 Å². The monoisotopic (exact) mass is 104 g/mol. The van der Waals surface area contributed by atoms with Crippen molar-refractivity contribution in [2.45, 2.75) is 0 Å². The van der Waals surface area contributed by atoms with Gasteiger partial charge in [0.1, 0.15) is 0 Å². The molecule has 0 aromatic heterocycles. The molecule has 0 bridgehead atoms. The number of nitrogens with one attached hydrogen (secondary N) is 1. The predicted molar refractivity (Wildman–Crippen MR) is 26.0 cm³/mol. The molecule has 0 aliphatic heterocycles. The van der Waals surface area contributed by atoms with Gasteiger partial charge in [-0.3, -0.25) is 4.84 Å². The molecule has 0 aromatic rings. The first kappa shape index (κ1) is 6.03. The number of hydrogen-bond acceptors (Lipinski definition) is 3. The van der Waals surface area contributed by atoms with Crippen molar-refractivity contribution in [2.24, 2.45) is 16.7 Å². The minimum absolute atomic E-state index is 0.0579. The van der Waals surface area contributed by atoms with Crippen LogP contribution in [0.25, 0.3) is 0 Å². The van der Waals surface area contributed by atoms with Crippen LogP contribution in [-0.2, 0) is 4.84 Å². The molecule has 0 spiro atoms. The van der Waals surface area contributed by atoms with Gasteiger partial charge in [0, 0.05) is 0 Å². The van der Waals surface area contributed by atoms with Crippen molar-refractivity contribution in [1.82, 2.24) is 5.48 Å². The van der Waals surface area contributed by atoms with Crippen LogP contribution in [0.15, 0.2) is 5.10 Å². The zero-order valence-corrected chi connectivity index (χ0v) is 4.01. The van der Waals surface area contributed by atoms with Gasteiger partial charge in [-0.1, -0.05) is 0 Å². The normalized spacial score (nSPS) is 11.3. The maximum atomic E-state index is 4.97. The van der Waals surface area contributed by atoms with Crippen molar-refractivity contribution in [3.05, 3.63) is 0 Å². The molecule has 7 heavy (non-hydrogen) atoms. The first-order chi connectivity index (χ1) is 3.31. The van der Waals surface area contributed by atoms with Gasteiger partial charge in [0.15, 0.2) is 0 Å². The summed E-state index contributed by atoms with van der Waals surface area (Å²) in [5.74, 6) is 4.74. The second-order valence-corrected chi connectivity index (χ2v) is 0.821. The van der Waals surface area contributed by atoms with E-state index in [4.69, 9.17) is 5.73 Å². The molecule has 5 N–H and O–H groups in total. The molecule has 0 unspecified atom stereocenters. The van der Waals surface area contributed by atoms with E-state index in [1.807, 2.05) is 0 Å². The third-order valence-corrected chi connectivity index (χ3v) is 0.346. The lowest BCUT2D eigenvalue weighted by molar-refractivity contribution is 0.143. The SMILES string of the molecule is CONC(N)=NN. The van der Waals surface area contributed by atoms with Crippen molar-refractivity contribution < 1.29 is 4.84 Å². The number of hydrogen-bond donors (Lipinski definition) is 3. The summed E-state index contributed by atoms with van der Waals surface area (Å²) in [6.45, 7) is 0. The number of guanidine groups is 1. The summed E-state index contributed by atoms with van der Waals surface area (Å²) >= 11 is 0. The highest BCUT2D eigenvalue weighted by Crippen LogP contribution is 1.50. The van der Waals surface area contributed by atoms with Crippen LogP contribution in [0, 0.1) is 0 Å². The Morgan fingerprint density at radius 1 is 1.86 bits per heavy atom. The Labute approximate surface area is 41.3 Å². The number of hydroxylamine groups is 1. The number of hydrazone groups is 1. The van der Waals surface area contributed by atoms with Gasteiger partial charge in [0.2, 0.25) is 5.96 Å². The summed E-state index contributed by atoms with van der Waals surface area (Å²) in [5.41, 5.74) is 7.17. The highest BCUT2D eigenvalue weighted by molar-refractivity contribution is 5.76. The van der Waals surface area contributed by atoms with Crippen molar-refractivity contribution in [2.75, 3.05) is 7.11 Å². The minimum Gasteiger partial charge on any atom is -0.367 e. The topological polar surface area (TPSA) is 85.7 Å². The Bertz CT molecular complexity index is 70.1. The van der Waals surface area contributed by atoms with Crippen LogP contribution in [0.4, 0.5) is 0 Å². The number of nitrogens with two attached hydrogens (primary N) is 2. The van der Waals surface area contributed by atoms with Crippen LogP contribution >= 0.6 is 0 Å². The van der Waals surface area contributed by atoms with Crippen LogP contribution in [0.3, 0.4) is 0 Å². The molecule has 0 aliphatic rings. The largest absolute Gasteiger partial charge is 0.367 e. The highest BCUT2D eigenvalue weighted by Gasteiger charge is 1.79. The Balaban J connectivity index is 3.17. The Kier molecular flexibility index (Phi) is 2.78. The van der Waals surface area contributed by atoms with E-state index in [0.29, 0.717) is 0 Å². The number of rotatable bonds is 1. The number of nitrogens with zero attached hydrogens (tertiary/aromatic N) is 1. The molecule has 0 atom stereocenters. The second-order valence-electron chi connectivity index (χ2n) is 0.821. The van der Waals surface area contributed by atoms with Crippen LogP contribution in [0.5, 0.6) is 0 Å². The van der Waals surface area contributed by atoms with Gasteiger partial charge in [-0.2, -0.15) is 0 Å². The van der Waals surface area contributed by atoms with Crippen molar-refractivity contribution in [3.63, 3.8) is 0 Å². The molecule has 5 nitrogen and oxygen atoms in total. The maximum absolute atomic E-state index is 4.97. The van der Waals surface area contributed by atoms with Crippen LogP contribution in [0.1, 0.15) is 0 Å². The van der Waals surface area contributed by atoms with E-state index in [0.717, 1.165) is 0 Å². The Morgan fingerprint density at radius 2 is 2.43 bits per heavy atom. The molecule has 0 heterocycles. The van der Waals surface area contributed by atoms with Crippen LogP contribution in [-0.4, -0.2) is 13.1 Å². The van der Waals surface area contributed by atoms with E-state index in [1.165, 1.54) is 7.11 Å². The lowest BCUT2D eigenvalue weighted by Crippen LogP contribution is -2.31. The van der Waals surface area contributed by atoms with Gasteiger partial charge in [-0.05, 0) is 0 Å². The molecule has 0 amide bonds. The standard InChI is InChI=1S/C2H8N4O/c1-7-6-2(3)5-4/h4H2,1H3,(H3,3,5,6). The average molecular weight is 104 g/mol. The van der Waals surface area contributed by atoms with E-state index in [2.05, 4.69) is 21.3 Å². The van der Waals surface area contributed by atoms with Gasteiger partial charge in [0.25, 0.3) is 0 Å². The molecule has 5 heteroatoms. The Morgan fingerprint density at radius 3 is 2.57 bits per heavy atom. The van der Waals surface area contributed by atoms with Crippen molar-refractivity contribution >= 4 is 5.96 Å². The summed E-state index contributed by atoms with van der Waals surface area (Å²) in [7, 11) is 1.41. The van der Waals surface area contributed by atoms with Crippen molar-refractivity contribution in [3.8, 4) is 0 Å². The van der Waals surface area contributed by atoms with Gasteiger partial charge < -0.3 is 11.6 Å². The van der Waals surface area contributed by atoms with Gasteiger partial charge >= 0.3 is 0 Å². The third-order valence-electron chi connectivity index (χ3n) is 0.346. The molecular weight excluding hydrogens is 96.0 g/mol. The fraction of sp³-hybridized carbons (Fsp3) is 0.500. The summed E-state index contributed by atoms with van der Waals surface area (Å²) in [6.07, 6.45) is 0. The smallest absolute Gasteiger partial charge is 0.234 e. The van der Waals surface area contributed by atoms with Crippen LogP contribution in [0.2, 0.25) is 0 Å². The summed E-state index contributed by atoms with van der Waals surface area (Å²) < 4.78 is 0. The summed E-state index contributed by atoms with van der Waals surface area (Å²) in [6, 6.07) is 0. The molecule has 0 saturated heterocycles. The van der Waals surface area contributed by atoms with Gasteiger partial charge in [-0.25, -0.2) is 5.48 Å². The highest BCUT2D eigenvalue weighted by atomic mass is 16.6. The quantitative estimate of drug-likeness (QED) is 0.161. The van der Waals surface area contributed by atoms with Gasteiger partial charge in [-0.15, -0.1) is 5.10 Å². The lowest BCUT2D eigenvalue weighted by Gasteiger charge is -1.95. The molecule has 0 radical (unpaired) electrons. The fourth-order valence-corrected chi connectivity index (χ4v) is 0.131. The van der Waals surface area contributed by atoms with E-state index in [9.17, 15) is 0 Å². The Hall–Kier alpha value is -0.970. The predicted octanol–water partition coefficient (Wildman–Crippen LogP) is -1.67. The van der Waals surface area contributed by atoms with E-state index in [1.54, 1.807) is 0 Å². The molecule has 0 fully saturated rings. The third kappa shape index (κ3) is 2.84. The fourth-order valence-electron chi connectivity index (χ4n) is 0.131. The molecule has 0 aromatic carbocycles. The average Bonchev–Trinajstić information content (AvgIpc) is 1.68. The van der Waals surface area contributed by atoms with E-state index < -0.39 is 0 Å². The summed E-state index contributed by atoms with van der Waals surface area (Å²) in [5, 5.41) is 3.04. The zero-order chi connectivity index (χ0) is 5.70. The van der Waals surface area contributed by atoms with Crippen molar-refractivity contribution in [1.29, 1.82) is 0 Å². The first-order valence-corrected chi connectivity index (χ1v) is 1.63. The molecule has 0 rings (SSSR count). The zero-order valence-electron chi connectivity index (χ0n) is 4.01. The van der Waals surface area contributed by atoms with Crippen LogP contribution < -0.4 is 17.1 Å². The van der Waals surface area contributed by atoms with Gasteiger partial charge in [0.05, 0.1) is 7.11 Å². The second kappa shape index (κ2) is 3.23. The molecule has 42 valence electrons.